The number of hydrogen-bond donors (Lipinski definition) is 0. The summed E-state index contributed by atoms with van der Waals surface area (Å²) in [6.45, 7) is 2.25. The van der Waals surface area contributed by atoms with Gasteiger partial charge in [0.1, 0.15) is 12.4 Å². The predicted molar refractivity (Wildman–Crippen MR) is 104 cm³/mol. The van der Waals surface area contributed by atoms with Gasteiger partial charge in [-0.25, -0.2) is 9.78 Å². The van der Waals surface area contributed by atoms with Gasteiger partial charge in [0, 0.05) is 5.38 Å². The van der Waals surface area contributed by atoms with Gasteiger partial charge in [0.05, 0.1) is 21.1 Å². The van der Waals surface area contributed by atoms with Crippen molar-refractivity contribution in [2.24, 2.45) is 0 Å². The summed E-state index contributed by atoms with van der Waals surface area (Å²) in [5, 5.41) is 8.77. The molecule has 4 rings (SSSR count). The molecule has 0 fully saturated rings. The Morgan fingerprint density at radius 1 is 1.11 bits per heavy atom. The Morgan fingerprint density at radius 2 is 1.96 bits per heavy atom. The highest BCUT2D eigenvalue weighted by atomic mass is 32.1. The molecule has 0 atom stereocenters. The van der Waals surface area contributed by atoms with E-state index in [2.05, 4.69) is 15.1 Å². The molecule has 0 aliphatic heterocycles. The second-order valence-electron chi connectivity index (χ2n) is 5.74. The van der Waals surface area contributed by atoms with Crippen LogP contribution in [0.5, 0.6) is 5.75 Å². The Labute approximate surface area is 168 Å². The average molecular weight is 413 g/mol. The minimum Gasteiger partial charge on any atom is -0.487 e. The fourth-order valence-corrected chi connectivity index (χ4v) is 3.60. The number of esters is 1. The molecule has 0 radical (unpaired) electrons. The summed E-state index contributed by atoms with van der Waals surface area (Å²) in [5.41, 5.74) is 1.29. The van der Waals surface area contributed by atoms with Gasteiger partial charge in [0.2, 0.25) is 5.82 Å². The van der Waals surface area contributed by atoms with E-state index in [1.54, 1.807) is 35.6 Å². The number of thiophene rings is 1. The van der Waals surface area contributed by atoms with Gasteiger partial charge in [-0.05, 0) is 42.6 Å². The lowest BCUT2D eigenvalue weighted by atomic mass is 10.2. The molecule has 28 heavy (non-hydrogen) atoms. The van der Waals surface area contributed by atoms with Crippen LogP contribution in [0.4, 0.5) is 0 Å². The smallest absolute Gasteiger partial charge is 0.338 e. The van der Waals surface area contributed by atoms with E-state index in [-0.39, 0.29) is 12.5 Å². The van der Waals surface area contributed by atoms with Gasteiger partial charge in [-0.1, -0.05) is 11.2 Å². The zero-order valence-corrected chi connectivity index (χ0v) is 16.5. The van der Waals surface area contributed by atoms with Crippen molar-refractivity contribution in [1.29, 1.82) is 0 Å². The summed E-state index contributed by atoms with van der Waals surface area (Å²) in [5.74, 6) is 0.908. The molecule has 0 bridgehead atoms. The summed E-state index contributed by atoms with van der Waals surface area (Å²) in [6.07, 6.45) is 0. The van der Waals surface area contributed by atoms with E-state index in [9.17, 15) is 4.79 Å². The summed E-state index contributed by atoms with van der Waals surface area (Å²) in [7, 11) is 0. The highest BCUT2D eigenvalue weighted by molar-refractivity contribution is 7.13. The van der Waals surface area contributed by atoms with Crippen LogP contribution in [0.15, 0.2) is 51.7 Å². The number of ether oxygens (including phenoxy) is 2. The molecule has 0 spiro atoms. The molecule has 3 aromatic heterocycles. The van der Waals surface area contributed by atoms with Crippen LogP contribution in [-0.2, 0) is 18.0 Å². The van der Waals surface area contributed by atoms with E-state index in [0.717, 1.165) is 15.6 Å². The Morgan fingerprint density at radius 3 is 2.68 bits per heavy atom. The monoisotopic (exact) mass is 413 g/mol. The van der Waals surface area contributed by atoms with Gasteiger partial charge in [-0.15, -0.1) is 22.7 Å². The van der Waals surface area contributed by atoms with Crippen LogP contribution >= 0.6 is 22.7 Å². The van der Waals surface area contributed by atoms with Crippen molar-refractivity contribution < 1.29 is 18.8 Å². The Balaban J connectivity index is 1.30. The van der Waals surface area contributed by atoms with Crippen molar-refractivity contribution in [3.8, 4) is 16.5 Å². The van der Waals surface area contributed by atoms with Crippen LogP contribution in [0.3, 0.4) is 0 Å². The molecule has 3 heterocycles. The van der Waals surface area contributed by atoms with Gasteiger partial charge in [-0.2, -0.15) is 4.98 Å². The molecule has 0 saturated carbocycles. The molecule has 4 aromatic rings. The second kappa shape index (κ2) is 8.32. The molecule has 0 aliphatic rings. The first-order valence-corrected chi connectivity index (χ1v) is 10.1. The number of thiazole rings is 1. The van der Waals surface area contributed by atoms with E-state index < -0.39 is 5.97 Å². The standard InChI is InChI=1S/C19H15N3O4S2/c1-12-20-14(11-28-12)9-24-15-6-4-13(5-7-15)19(23)25-10-17-21-18(22-26-17)16-3-2-8-27-16/h2-8,11H,9-10H2,1H3. The van der Waals surface area contributed by atoms with Crippen LogP contribution in [0.1, 0.15) is 27.0 Å². The molecule has 0 unspecified atom stereocenters. The highest BCUT2D eigenvalue weighted by Gasteiger charge is 2.13. The Bertz CT molecular complexity index is 1060. The Hall–Kier alpha value is -3.04. The first-order chi connectivity index (χ1) is 13.7. The lowest BCUT2D eigenvalue weighted by Crippen LogP contribution is -2.05. The largest absolute Gasteiger partial charge is 0.487 e. The van der Waals surface area contributed by atoms with Crippen LogP contribution in [0, 0.1) is 6.92 Å². The zero-order valence-electron chi connectivity index (χ0n) is 14.8. The fraction of sp³-hybridized carbons (Fsp3) is 0.158. The number of rotatable bonds is 7. The first-order valence-electron chi connectivity index (χ1n) is 8.35. The quantitative estimate of drug-likeness (QED) is 0.412. The van der Waals surface area contributed by atoms with Crippen LogP contribution in [0.2, 0.25) is 0 Å². The van der Waals surface area contributed by atoms with Crippen LogP contribution < -0.4 is 4.74 Å². The van der Waals surface area contributed by atoms with Crippen molar-refractivity contribution in [2.75, 3.05) is 0 Å². The molecule has 7 nitrogen and oxygen atoms in total. The van der Waals surface area contributed by atoms with Crippen molar-refractivity contribution in [3.05, 3.63) is 69.3 Å². The molecular weight excluding hydrogens is 398 g/mol. The van der Waals surface area contributed by atoms with Gasteiger partial charge >= 0.3 is 5.97 Å². The lowest BCUT2D eigenvalue weighted by Gasteiger charge is -2.06. The van der Waals surface area contributed by atoms with Crippen molar-refractivity contribution in [3.63, 3.8) is 0 Å². The summed E-state index contributed by atoms with van der Waals surface area (Å²) >= 11 is 3.09. The van der Waals surface area contributed by atoms with Gasteiger partial charge < -0.3 is 14.0 Å². The van der Waals surface area contributed by atoms with Gasteiger partial charge in [0.25, 0.3) is 5.89 Å². The molecule has 1 aromatic carbocycles. The molecular formula is C19H15N3O4S2. The summed E-state index contributed by atoms with van der Waals surface area (Å²) < 4.78 is 16.0. The molecule has 0 aliphatic carbocycles. The van der Waals surface area contributed by atoms with Crippen molar-refractivity contribution >= 4 is 28.6 Å². The summed E-state index contributed by atoms with van der Waals surface area (Å²) in [6, 6.07) is 10.5. The Kier molecular flexibility index (Phi) is 5.45. The van der Waals surface area contributed by atoms with Crippen LogP contribution in [-0.4, -0.2) is 21.1 Å². The number of aryl methyl sites for hydroxylation is 1. The minimum atomic E-state index is -0.474. The lowest BCUT2D eigenvalue weighted by molar-refractivity contribution is 0.0430. The van der Waals surface area contributed by atoms with E-state index in [1.165, 1.54) is 11.3 Å². The van der Waals surface area contributed by atoms with Crippen molar-refractivity contribution in [2.45, 2.75) is 20.1 Å². The van der Waals surface area contributed by atoms with Crippen LogP contribution in [0.25, 0.3) is 10.7 Å². The third-order valence-electron chi connectivity index (χ3n) is 3.68. The maximum atomic E-state index is 12.2. The number of carbonyl (C=O) groups excluding carboxylic acids is 1. The highest BCUT2D eigenvalue weighted by Crippen LogP contribution is 2.21. The van der Waals surface area contributed by atoms with E-state index >= 15 is 0 Å². The van der Waals surface area contributed by atoms with E-state index in [0.29, 0.717) is 23.7 Å². The maximum absolute atomic E-state index is 12.2. The third-order valence-corrected chi connectivity index (χ3v) is 5.37. The molecule has 9 heteroatoms. The minimum absolute atomic E-state index is 0.0847. The van der Waals surface area contributed by atoms with Gasteiger partial charge in [-0.3, -0.25) is 0 Å². The number of benzene rings is 1. The SMILES string of the molecule is Cc1nc(COc2ccc(C(=O)OCc3nc(-c4cccs4)no3)cc2)cs1. The number of aromatic nitrogens is 3. The fourth-order valence-electron chi connectivity index (χ4n) is 2.35. The number of nitrogens with zero attached hydrogens (tertiary/aromatic N) is 3. The van der Waals surface area contributed by atoms with E-state index in [4.69, 9.17) is 14.0 Å². The number of hydrogen-bond acceptors (Lipinski definition) is 9. The molecule has 142 valence electrons. The average Bonchev–Trinajstić information content (AvgIpc) is 3.46. The summed E-state index contributed by atoms with van der Waals surface area (Å²) in [4.78, 5) is 21.6. The molecule has 0 saturated heterocycles. The normalized spacial score (nSPS) is 10.8. The molecule has 0 amide bonds. The molecule has 0 N–H and O–H groups in total. The third kappa shape index (κ3) is 4.44. The second-order valence-corrected chi connectivity index (χ2v) is 7.75. The van der Waals surface area contributed by atoms with Crippen molar-refractivity contribution in [1.82, 2.24) is 15.1 Å². The van der Waals surface area contributed by atoms with E-state index in [1.807, 2.05) is 29.8 Å². The topological polar surface area (TPSA) is 87.3 Å². The maximum Gasteiger partial charge on any atom is 0.338 e. The predicted octanol–water partition coefficient (Wildman–Crippen LogP) is 4.50. The first kappa shape index (κ1) is 18.3. The number of carbonyl (C=O) groups is 1. The zero-order chi connectivity index (χ0) is 19.3. The van der Waals surface area contributed by atoms with Gasteiger partial charge in [0.15, 0.2) is 6.61 Å².